The number of carbonyl (C=O) groups is 1. The van der Waals surface area contributed by atoms with Crippen LogP contribution in [0.4, 0.5) is 0 Å². The van der Waals surface area contributed by atoms with Crippen molar-refractivity contribution in [1.82, 2.24) is 19.9 Å². The van der Waals surface area contributed by atoms with E-state index in [9.17, 15) is 4.79 Å². The Bertz CT molecular complexity index is 930. The van der Waals surface area contributed by atoms with Gasteiger partial charge in [0.2, 0.25) is 0 Å². The number of ether oxygens (including phenoxy) is 1. The molecule has 0 aliphatic heterocycles. The summed E-state index contributed by atoms with van der Waals surface area (Å²) in [7, 11) is 1.61. The molecule has 0 fully saturated rings. The minimum absolute atomic E-state index is 0.0535. The second kappa shape index (κ2) is 8.25. The van der Waals surface area contributed by atoms with E-state index >= 15 is 0 Å². The lowest BCUT2D eigenvalue weighted by atomic mass is 9.86. The van der Waals surface area contributed by atoms with E-state index < -0.39 is 0 Å². The predicted molar refractivity (Wildman–Crippen MR) is 109 cm³/mol. The van der Waals surface area contributed by atoms with Crippen LogP contribution in [0.5, 0.6) is 5.75 Å². The van der Waals surface area contributed by atoms with E-state index in [1.54, 1.807) is 25.8 Å². The van der Waals surface area contributed by atoms with E-state index in [2.05, 4.69) is 36.1 Å². The standard InChI is InChI=1S/C22H26N4O2/c1-22(2,3)19(14-26-12-11-23-15-26)25-21(27)17-8-5-7-16(13-17)20-18(28-4)9-6-10-24-20/h5-13,15,19H,14H2,1-4H3,(H,25,27)/t19-/m0/s1. The molecule has 0 saturated heterocycles. The molecule has 2 aromatic heterocycles. The molecule has 6 nitrogen and oxygen atoms in total. The Balaban J connectivity index is 1.83. The van der Waals surface area contributed by atoms with Gasteiger partial charge in [0.05, 0.1) is 19.5 Å². The fourth-order valence-corrected chi connectivity index (χ4v) is 2.96. The van der Waals surface area contributed by atoms with Gasteiger partial charge in [-0.3, -0.25) is 9.78 Å². The monoisotopic (exact) mass is 378 g/mol. The van der Waals surface area contributed by atoms with Crippen molar-refractivity contribution in [3.63, 3.8) is 0 Å². The van der Waals surface area contributed by atoms with Gasteiger partial charge in [0.25, 0.3) is 5.91 Å². The summed E-state index contributed by atoms with van der Waals surface area (Å²) in [5.41, 5.74) is 2.03. The van der Waals surface area contributed by atoms with E-state index in [1.807, 2.05) is 47.2 Å². The fourth-order valence-electron chi connectivity index (χ4n) is 2.96. The van der Waals surface area contributed by atoms with Crippen LogP contribution in [0.1, 0.15) is 31.1 Å². The molecular formula is C22H26N4O2. The molecule has 28 heavy (non-hydrogen) atoms. The molecule has 0 radical (unpaired) electrons. The molecule has 3 aromatic rings. The van der Waals surface area contributed by atoms with E-state index in [0.717, 1.165) is 5.56 Å². The van der Waals surface area contributed by atoms with Gasteiger partial charge in [0.15, 0.2) is 0 Å². The average Bonchev–Trinajstić information content (AvgIpc) is 3.20. The molecule has 1 amide bonds. The van der Waals surface area contributed by atoms with Gasteiger partial charge in [-0.05, 0) is 29.7 Å². The second-order valence-corrected chi connectivity index (χ2v) is 7.79. The Morgan fingerprint density at radius 3 is 2.71 bits per heavy atom. The summed E-state index contributed by atoms with van der Waals surface area (Å²) in [6.45, 7) is 7.00. The molecule has 0 saturated carbocycles. The maximum Gasteiger partial charge on any atom is 0.251 e. The van der Waals surface area contributed by atoms with Crippen LogP contribution in [0.15, 0.2) is 61.3 Å². The summed E-state index contributed by atoms with van der Waals surface area (Å²) in [6.07, 6.45) is 7.12. The number of nitrogens with one attached hydrogen (secondary N) is 1. The normalized spacial score (nSPS) is 12.4. The number of rotatable bonds is 6. The molecule has 3 rings (SSSR count). The molecule has 6 heteroatoms. The Labute approximate surface area is 165 Å². The van der Waals surface area contributed by atoms with Gasteiger partial charge in [0.1, 0.15) is 11.4 Å². The minimum Gasteiger partial charge on any atom is -0.494 e. The van der Waals surface area contributed by atoms with Gasteiger partial charge in [-0.1, -0.05) is 32.9 Å². The van der Waals surface area contributed by atoms with Crippen molar-refractivity contribution in [2.75, 3.05) is 7.11 Å². The van der Waals surface area contributed by atoms with Gasteiger partial charge in [-0.25, -0.2) is 4.98 Å². The Hall–Kier alpha value is -3.15. The third-order valence-electron chi connectivity index (χ3n) is 4.69. The van der Waals surface area contributed by atoms with Crippen LogP contribution in [0.25, 0.3) is 11.3 Å². The smallest absolute Gasteiger partial charge is 0.251 e. The summed E-state index contributed by atoms with van der Waals surface area (Å²) in [5.74, 6) is 0.560. The van der Waals surface area contributed by atoms with Crippen LogP contribution in [0, 0.1) is 5.41 Å². The number of nitrogens with zero attached hydrogens (tertiary/aromatic N) is 3. The highest BCUT2D eigenvalue weighted by atomic mass is 16.5. The molecule has 0 spiro atoms. The average molecular weight is 378 g/mol. The van der Waals surface area contributed by atoms with Crippen LogP contribution < -0.4 is 10.1 Å². The van der Waals surface area contributed by atoms with Crippen LogP contribution in [0.3, 0.4) is 0 Å². The van der Waals surface area contributed by atoms with E-state index in [1.165, 1.54) is 0 Å². The molecular weight excluding hydrogens is 352 g/mol. The Morgan fingerprint density at radius 1 is 1.21 bits per heavy atom. The van der Waals surface area contributed by atoms with Crippen LogP contribution in [-0.4, -0.2) is 33.6 Å². The van der Waals surface area contributed by atoms with E-state index in [-0.39, 0.29) is 17.4 Å². The van der Waals surface area contributed by atoms with Gasteiger partial charge >= 0.3 is 0 Å². The zero-order chi connectivity index (χ0) is 20.1. The molecule has 0 aliphatic carbocycles. The van der Waals surface area contributed by atoms with Crippen molar-refractivity contribution in [3.05, 3.63) is 66.9 Å². The number of pyridine rings is 1. The third kappa shape index (κ3) is 4.57. The number of hydrogen-bond acceptors (Lipinski definition) is 4. The number of imidazole rings is 1. The number of methoxy groups -OCH3 is 1. The van der Waals surface area contributed by atoms with Crippen molar-refractivity contribution < 1.29 is 9.53 Å². The maximum absolute atomic E-state index is 13.0. The van der Waals surface area contributed by atoms with Crippen molar-refractivity contribution in [2.24, 2.45) is 5.41 Å². The van der Waals surface area contributed by atoms with E-state index in [4.69, 9.17) is 4.74 Å². The summed E-state index contributed by atoms with van der Waals surface area (Å²) < 4.78 is 7.37. The largest absolute Gasteiger partial charge is 0.494 e. The number of benzene rings is 1. The first-order valence-corrected chi connectivity index (χ1v) is 9.24. The highest BCUT2D eigenvalue weighted by molar-refractivity contribution is 5.95. The van der Waals surface area contributed by atoms with Crippen molar-refractivity contribution in [2.45, 2.75) is 33.4 Å². The van der Waals surface area contributed by atoms with Crippen molar-refractivity contribution in [1.29, 1.82) is 0 Å². The molecule has 1 atom stereocenters. The summed E-state index contributed by atoms with van der Waals surface area (Å²) in [4.78, 5) is 21.5. The van der Waals surface area contributed by atoms with Gasteiger partial charge < -0.3 is 14.6 Å². The lowest BCUT2D eigenvalue weighted by molar-refractivity contribution is 0.0892. The maximum atomic E-state index is 13.0. The fraction of sp³-hybridized carbons (Fsp3) is 0.318. The highest BCUT2D eigenvalue weighted by Gasteiger charge is 2.27. The topological polar surface area (TPSA) is 69.0 Å². The predicted octanol–water partition coefficient (Wildman–Crippen LogP) is 3.80. The molecule has 1 N–H and O–H groups in total. The number of amides is 1. The molecule has 1 aromatic carbocycles. The molecule has 0 bridgehead atoms. The Morgan fingerprint density at radius 2 is 2.04 bits per heavy atom. The minimum atomic E-state index is -0.114. The first-order valence-electron chi connectivity index (χ1n) is 9.24. The quantitative estimate of drug-likeness (QED) is 0.708. The second-order valence-electron chi connectivity index (χ2n) is 7.79. The van der Waals surface area contributed by atoms with Crippen molar-refractivity contribution >= 4 is 5.91 Å². The SMILES string of the molecule is COc1cccnc1-c1cccc(C(=O)N[C@@H](Cn2ccnc2)C(C)(C)C)c1. The van der Waals surface area contributed by atoms with Gasteiger partial charge in [-0.15, -0.1) is 0 Å². The third-order valence-corrected chi connectivity index (χ3v) is 4.69. The van der Waals surface area contributed by atoms with E-state index in [0.29, 0.717) is 23.6 Å². The highest BCUT2D eigenvalue weighted by Crippen LogP contribution is 2.28. The number of hydrogen-bond donors (Lipinski definition) is 1. The van der Waals surface area contributed by atoms with Gasteiger partial charge in [-0.2, -0.15) is 0 Å². The molecule has 2 heterocycles. The van der Waals surface area contributed by atoms with Crippen LogP contribution in [-0.2, 0) is 6.54 Å². The summed E-state index contributed by atoms with van der Waals surface area (Å²) in [5, 5.41) is 3.18. The molecule has 146 valence electrons. The first kappa shape index (κ1) is 19.6. The summed E-state index contributed by atoms with van der Waals surface area (Å²) >= 11 is 0. The lowest BCUT2D eigenvalue weighted by Gasteiger charge is -2.31. The zero-order valence-electron chi connectivity index (χ0n) is 16.7. The first-order chi connectivity index (χ1) is 13.4. The van der Waals surface area contributed by atoms with Crippen LogP contribution in [0.2, 0.25) is 0 Å². The lowest BCUT2D eigenvalue weighted by Crippen LogP contribution is -2.46. The summed E-state index contributed by atoms with van der Waals surface area (Å²) in [6, 6.07) is 11.1. The number of carbonyl (C=O) groups excluding carboxylic acids is 1. The Kier molecular flexibility index (Phi) is 5.78. The van der Waals surface area contributed by atoms with Crippen LogP contribution >= 0.6 is 0 Å². The number of aromatic nitrogens is 3. The zero-order valence-corrected chi connectivity index (χ0v) is 16.7. The molecule has 0 aliphatic rings. The molecule has 0 unspecified atom stereocenters. The van der Waals surface area contributed by atoms with Crippen molar-refractivity contribution in [3.8, 4) is 17.0 Å². The van der Waals surface area contributed by atoms with Gasteiger partial charge in [0, 0.05) is 36.3 Å².